The average molecular weight is 708 g/mol. The number of sulfonamides is 1. The Morgan fingerprint density at radius 2 is 1.68 bits per heavy atom. The molecule has 4 rings (SSSR count). The minimum absolute atomic E-state index is 0.0206. The van der Waals surface area contributed by atoms with E-state index in [4.69, 9.17) is 10.5 Å². The molecule has 0 saturated heterocycles. The van der Waals surface area contributed by atoms with Gasteiger partial charge in [0, 0.05) is 43.6 Å². The number of rotatable bonds is 14. The molecule has 5 N–H and O–H groups in total. The summed E-state index contributed by atoms with van der Waals surface area (Å²) in [6, 6.07) is 18.3. The Labute approximate surface area is 295 Å². The van der Waals surface area contributed by atoms with Gasteiger partial charge in [0.1, 0.15) is 11.9 Å². The second-order valence-electron chi connectivity index (χ2n) is 13.1. The number of anilines is 3. The number of hydrogen-bond donors (Lipinski definition) is 4. The van der Waals surface area contributed by atoms with E-state index in [0.717, 1.165) is 5.56 Å². The van der Waals surface area contributed by atoms with Gasteiger partial charge in [0.2, 0.25) is 27.7 Å². The molecule has 12 nitrogen and oxygen atoms in total. The first-order chi connectivity index (χ1) is 23.8. The minimum Gasteiger partial charge on any atom is -0.488 e. The molecule has 0 fully saturated rings. The first kappa shape index (κ1) is 38.3. The number of carbonyl (C=O) groups is 3. The maximum Gasteiger partial charge on any atom is 0.242 e. The number of unbranched alkanes of at least 4 members (excludes halogenated alkanes) is 2. The summed E-state index contributed by atoms with van der Waals surface area (Å²) in [5, 5.41) is 15.6. The number of carbonyl (C=O) groups excluding carboxylic acids is 3. The van der Waals surface area contributed by atoms with Crippen LogP contribution in [0.25, 0.3) is 0 Å². The molecule has 3 atom stereocenters. The van der Waals surface area contributed by atoms with Gasteiger partial charge in [-0.1, -0.05) is 43.2 Å². The van der Waals surface area contributed by atoms with Crippen molar-refractivity contribution in [2.45, 2.75) is 76.3 Å². The Kier molecular flexibility index (Phi) is 13.4. The molecule has 13 heteroatoms. The molecule has 0 aromatic heterocycles. The third-order valence-electron chi connectivity index (χ3n) is 8.91. The lowest BCUT2D eigenvalue weighted by Gasteiger charge is -2.33. The zero-order chi connectivity index (χ0) is 36.4. The van der Waals surface area contributed by atoms with E-state index >= 15 is 0 Å². The van der Waals surface area contributed by atoms with Gasteiger partial charge in [-0.25, -0.2) is 8.42 Å². The lowest BCUT2D eigenvalue weighted by molar-refractivity contribution is -0.134. The summed E-state index contributed by atoms with van der Waals surface area (Å²) in [7, 11) is -2.31. The van der Waals surface area contributed by atoms with Crippen molar-refractivity contribution in [1.29, 1.82) is 0 Å². The number of hydrogen-bond acceptors (Lipinski definition) is 8. The number of fused-ring (bicyclic) bond motifs is 1. The SMILES string of the molecule is Cc1ccc(S(=O)(=O)N(C)C[C@H]2Oc3ccc(NC(=O)CCCCCC(=O)Nc4ccccc4N)cc3CC(=O)N([C@@H](C)CO)C[C@H]2C)cc1. The van der Waals surface area contributed by atoms with Crippen molar-refractivity contribution in [2.75, 3.05) is 43.1 Å². The Morgan fingerprint density at radius 3 is 2.34 bits per heavy atom. The van der Waals surface area contributed by atoms with Crippen LogP contribution in [0.4, 0.5) is 17.1 Å². The summed E-state index contributed by atoms with van der Waals surface area (Å²) in [6.45, 7) is 5.58. The fraction of sp³-hybridized carbons (Fsp3) is 0.432. The fourth-order valence-electron chi connectivity index (χ4n) is 5.76. The van der Waals surface area contributed by atoms with E-state index < -0.39 is 22.2 Å². The molecule has 0 spiro atoms. The minimum atomic E-state index is -3.82. The summed E-state index contributed by atoms with van der Waals surface area (Å²) in [5.74, 6) is -0.428. The number of para-hydroxylation sites is 2. The van der Waals surface area contributed by atoms with Crippen molar-refractivity contribution >= 4 is 44.8 Å². The molecule has 1 heterocycles. The van der Waals surface area contributed by atoms with Crippen LogP contribution < -0.4 is 21.1 Å². The van der Waals surface area contributed by atoms with E-state index in [1.165, 1.54) is 11.4 Å². The van der Waals surface area contributed by atoms with Gasteiger partial charge < -0.3 is 31.1 Å². The van der Waals surface area contributed by atoms with Crippen LogP contribution in [-0.2, 0) is 30.8 Å². The number of aryl methyl sites for hydroxylation is 1. The van der Waals surface area contributed by atoms with E-state index in [1.807, 2.05) is 13.8 Å². The van der Waals surface area contributed by atoms with Crippen LogP contribution in [0, 0.1) is 12.8 Å². The molecule has 0 radical (unpaired) electrons. The first-order valence-corrected chi connectivity index (χ1v) is 18.4. The second-order valence-corrected chi connectivity index (χ2v) is 15.1. The molecule has 270 valence electrons. The zero-order valence-corrected chi connectivity index (χ0v) is 30.0. The van der Waals surface area contributed by atoms with E-state index in [0.29, 0.717) is 54.1 Å². The molecule has 50 heavy (non-hydrogen) atoms. The van der Waals surface area contributed by atoms with Crippen molar-refractivity contribution in [1.82, 2.24) is 9.21 Å². The van der Waals surface area contributed by atoms with E-state index in [1.54, 1.807) is 78.6 Å². The van der Waals surface area contributed by atoms with Crippen LogP contribution in [0.2, 0.25) is 0 Å². The Morgan fingerprint density at radius 1 is 1.02 bits per heavy atom. The molecular weight excluding hydrogens is 659 g/mol. The van der Waals surface area contributed by atoms with Crippen LogP contribution in [0.5, 0.6) is 5.75 Å². The van der Waals surface area contributed by atoms with E-state index in [9.17, 15) is 27.9 Å². The van der Waals surface area contributed by atoms with Crippen LogP contribution in [-0.4, -0.2) is 79.3 Å². The molecule has 3 aromatic carbocycles. The third kappa shape index (κ3) is 10.3. The Bertz CT molecular complexity index is 1750. The normalized spacial score (nSPS) is 17.2. The van der Waals surface area contributed by atoms with Gasteiger partial charge in [-0.2, -0.15) is 4.31 Å². The van der Waals surface area contributed by atoms with Gasteiger partial charge >= 0.3 is 0 Å². The van der Waals surface area contributed by atoms with Crippen LogP contribution in [0.1, 0.15) is 57.1 Å². The average Bonchev–Trinajstić information content (AvgIpc) is 3.12. The molecule has 0 unspecified atom stereocenters. The van der Waals surface area contributed by atoms with Crippen LogP contribution in [0.3, 0.4) is 0 Å². The van der Waals surface area contributed by atoms with Crippen molar-refractivity contribution in [3.63, 3.8) is 0 Å². The van der Waals surface area contributed by atoms with Crippen molar-refractivity contribution < 1.29 is 32.6 Å². The monoisotopic (exact) mass is 707 g/mol. The summed E-state index contributed by atoms with van der Waals surface area (Å²) in [5.41, 5.74) is 8.94. The zero-order valence-electron chi connectivity index (χ0n) is 29.2. The predicted molar refractivity (Wildman–Crippen MR) is 194 cm³/mol. The smallest absolute Gasteiger partial charge is 0.242 e. The highest BCUT2D eigenvalue weighted by Gasteiger charge is 2.33. The molecule has 1 aliphatic rings. The van der Waals surface area contributed by atoms with Gasteiger partial charge in [0.05, 0.1) is 41.9 Å². The third-order valence-corrected chi connectivity index (χ3v) is 10.7. The maximum atomic E-state index is 13.6. The van der Waals surface area contributed by atoms with Crippen molar-refractivity contribution in [3.8, 4) is 5.75 Å². The molecule has 0 bridgehead atoms. The van der Waals surface area contributed by atoms with Crippen molar-refractivity contribution in [3.05, 3.63) is 77.9 Å². The molecule has 3 aromatic rings. The lowest BCUT2D eigenvalue weighted by Crippen LogP contribution is -2.48. The van der Waals surface area contributed by atoms with Gasteiger partial charge in [0.15, 0.2) is 0 Å². The van der Waals surface area contributed by atoms with Crippen molar-refractivity contribution in [2.24, 2.45) is 5.92 Å². The van der Waals surface area contributed by atoms with Gasteiger partial charge in [-0.15, -0.1) is 0 Å². The highest BCUT2D eigenvalue weighted by Crippen LogP contribution is 2.30. The van der Waals surface area contributed by atoms with E-state index in [2.05, 4.69) is 10.6 Å². The fourth-order valence-corrected chi connectivity index (χ4v) is 6.94. The first-order valence-electron chi connectivity index (χ1n) is 17.0. The number of nitrogens with one attached hydrogen (secondary N) is 2. The van der Waals surface area contributed by atoms with E-state index in [-0.39, 0.29) is 61.1 Å². The summed E-state index contributed by atoms with van der Waals surface area (Å²) in [6.07, 6.45) is 1.79. The van der Waals surface area contributed by atoms with Gasteiger partial charge in [-0.3, -0.25) is 14.4 Å². The number of nitrogens with zero attached hydrogens (tertiary/aromatic N) is 2. The molecule has 0 aliphatic carbocycles. The number of ether oxygens (including phenoxy) is 1. The topological polar surface area (TPSA) is 171 Å². The van der Waals surface area contributed by atoms with Gasteiger partial charge in [-0.05, 0) is 69.2 Å². The number of benzene rings is 3. The summed E-state index contributed by atoms with van der Waals surface area (Å²) < 4.78 is 34.6. The number of aliphatic hydroxyl groups is 1. The second kappa shape index (κ2) is 17.5. The molecular formula is C37H49N5O7S. The Balaban J connectivity index is 1.41. The van der Waals surface area contributed by atoms with Crippen LogP contribution >= 0.6 is 0 Å². The summed E-state index contributed by atoms with van der Waals surface area (Å²) >= 11 is 0. The number of aliphatic hydroxyl groups excluding tert-OH is 1. The molecule has 3 amide bonds. The molecule has 1 aliphatic heterocycles. The quantitative estimate of drug-likeness (QED) is 0.139. The molecule has 0 saturated carbocycles. The lowest BCUT2D eigenvalue weighted by atomic mass is 10.0. The highest BCUT2D eigenvalue weighted by molar-refractivity contribution is 7.89. The Hall–Kier alpha value is -4.46. The predicted octanol–water partition coefficient (Wildman–Crippen LogP) is 4.57. The largest absolute Gasteiger partial charge is 0.488 e. The summed E-state index contributed by atoms with van der Waals surface area (Å²) in [4.78, 5) is 40.4. The number of nitrogen functional groups attached to an aromatic ring is 1. The highest BCUT2D eigenvalue weighted by atomic mass is 32.2. The number of amides is 3. The number of nitrogens with two attached hydrogens (primary N) is 1. The van der Waals surface area contributed by atoms with Crippen LogP contribution in [0.15, 0.2) is 71.6 Å². The van der Waals surface area contributed by atoms with Gasteiger partial charge in [0.25, 0.3) is 0 Å². The maximum absolute atomic E-state index is 13.6. The number of likely N-dealkylation sites (N-methyl/N-ethyl adjacent to an activating group) is 1. The standard InChI is InChI=1S/C37H49N5O7S/c1-25-14-17-30(18-15-25)50(47,48)41(4)23-34-26(2)22-42(27(3)24-43)37(46)21-28-20-29(16-19-33(28)49-34)39-35(44)12-6-5-7-13-36(45)40-32-11-9-8-10-31(32)38/h8-11,14-20,26-27,34,43H,5-7,12-13,21-24,38H2,1-4H3,(H,39,44)(H,40,45)/t26-,27+,34-/m1/s1.